The van der Waals surface area contributed by atoms with Crippen molar-refractivity contribution < 1.29 is 14.3 Å². The van der Waals surface area contributed by atoms with Crippen molar-refractivity contribution in [3.05, 3.63) is 66.5 Å². The van der Waals surface area contributed by atoms with Crippen LogP contribution in [0.1, 0.15) is 18.0 Å². The number of nitrogens with one attached hydrogen (secondary N) is 1. The van der Waals surface area contributed by atoms with Crippen LogP contribution in [0.5, 0.6) is 5.75 Å². The van der Waals surface area contributed by atoms with Gasteiger partial charge in [-0.25, -0.2) is 15.0 Å². The highest BCUT2D eigenvalue weighted by atomic mass is 16.7. The Labute approximate surface area is 187 Å². The lowest BCUT2D eigenvalue weighted by atomic mass is 10.0. The van der Waals surface area contributed by atoms with Gasteiger partial charge in [-0.1, -0.05) is 30.3 Å². The van der Waals surface area contributed by atoms with Crippen molar-refractivity contribution in [3.8, 4) is 5.75 Å². The van der Waals surface area contributed by atoms with E-state index < -0.39 is 0 Å². The predicted molar refractivity (Wildman–Crippen MR) is 124 cm³/mol. The van der Waals surface area contributed by atoms with Crippen LogP contribution >= 0.6 is 0 Å². The number of aromatic nitrogens is 2. The summed E-state index contributed by atoms with van der Waals surface area (Å²) in [5.41, 5.74) is 3.17. The minimum Gasteiger partial charge on any atom is -0.494 e. The molecule has 1 atom stereocenters. The molecule has 0 radical (unpaired) electrons. The zero-order valence-electron chi connectivity index (χ0n) is 18.1. The van der Waals surface area contributed by atoms with Crippen LogP contribution in [0.25, 0.3) is 0 Å². The van der Waals surface area contributed by atoms with Crippen LogP contribution in [-0.2, 0) is 9.57 Å². The summed E-state index contributed by atoms with van der Waals surface area (Å²) in [5, 5.41) is 5.25. The Bertz CT molecular complexity index is 1040. The van der Waals surface area contributed by atoms with Crippen LogP contribution in [0.15, 0.2) is 60.9 Å². The normalized spacial score (nSPS) is 18.6. The molecule has 0 bridgehead atoms. The van der Waals surface area contributed by atoms with Gasteiger partial charge in [0.2, 0.25) is 0 Å². The van der Waals surface area contributed by atoms with E-state index in [2.05, 4.69) is 38.4 Å². The molecule has 2 aromatic carbocycles. The molecule has 0 aliphatic carbocycles. The maximum atomic E-state index is 5.91. The Hall–Kier alpha value is -3.36. The minimum atomic E-state index is 0.126. The molecule has 1 N–H and O–H groups in total. The summed E-state index contributed by atoms with van der Waals surface area (Å²) in [6.45, 7) is 3.90. The average Bonchev–Trinajstić information content (AvgIpc) is 3.36. The first-order valence-electron chi connectivity index (χ1n) is 10.9. The summed E-state index contributed by atoms with van der Waals surface area (Å²) in [6.07, 6.45) is 2.46. The Balaban J connectivity index is 1.36. The third-order valence-electron chi connectivity index (χ3n) is 5.79. The summed E-state index contributed by atoms with van der Waals surface area (Å²) in [6, 6.07) is 18.5. The summed E-state index contributed by atoms with van der Waals surface area (Å²) >= 11 is 0. The lowest BCUT2D eigenvalue weighted by Gasteiger charge is -2.29. The van der Waals surface area contributed by atoms with E-state index in [0.29, 0.717) is 12.4 Å². The summed E-state index contributed by atoms with van der Waals surface area (Å²) in [7, 11) is 1.68. The van der Waals surface area contributed by atoms with Crippen molar-refractivity contribution in [1.82, 2.24) is 9.97 Å². The summed E-state index contributed by atoms with van der Waals surface area (Å²) in [4.78, 5) is 17.1. The lowest BCUT2D eigenvalue weighted by molar-refractivity contribution is 0.122. The number of ether oxygens (including phenoxy) is 2. The fourth-order valence-electron chi connectivity index (χ4n) is 4.15. The standard InChI is InChI=1S/C24H27N5O3/c1-30-22-15-19(28-10-13-31-14-11-28)7-8-20(22)27-23-16-24(26-17-25-23)29-21(9-12-32-29)18-5-3-2-4-6-18/h2-8,15-17,21H,9-14H2,1H3,(H,25,26,27). The maximum absolute atomic E-state index is 5.91. The van der Waals surface area contributed by atoms with Gasteiger partial charge in [0.15, 0.2) is 5.82 Å². The SMILES string of the molecule is COc1cc(N2CCOCC2)ccc1Nc1cc(N2OCCC2c2ccccc2)ncn1. The van der Waals surface area contributed by atoms with Gasteiger partial charge in [-0.2, -0.15) is 0 Å². The molecule has 3 heterocycles. The summed E-state index contributed by atoms with van der Waals surface area (Å²) in [5.74, 6) is 2.15. The molecule has 1 aromatic heterocycles. The highest BCUT2D eigenvalue weighted by Gasteiger charge is 2.29. The number of hydrogen-bond donors (Lipinski definition) is 1. The van der Waals surface area contributed by atoms with E-state index in [0.717, 1.165) is 55.7 Å². The van der Waals surface area contributed by atoms with E-state index in [-0.39, 0.29) is 6.04 Å². The maximum Gasteiger partial charge on any atom is 0.158 e. The largest absolute Gasteiger partial charge is 0.494 e. The average molecular weight is 434 g/mol. The van der Waals surface area contributed by atoms with Crippen LogP contribution < -0.4 is 20.0 Å². The van der Waals surface area contributed by atoms with Crippen molar-refractivity contribution in [2.45, 2.75) is 12.5 Å². The molecule has 8 nitrogen and oxygen atoms in total. The van der Waals surface area contributed by atoms with E-state index >= 15 is 0 Å². The first kappa shape index (κ1) is 20.5. The van der Waals surface area contributed by atoms with Crippen LogP contribution in [-0.4, -0.2) is 50.0 Å². The molecular formula is C24H27N5O3. The smallest absolute Gasteiger partial charge is 0.158 e. The second-order valence-corrected chi connectivity index (χ2v) is 7.74. The van der Waals surface area contributed by atoms with Crippen molar-refractivity contribution in [2.24, 2.45) is 0 Å². The fraction of sp³-hybridized carbons (Fsp3) is 0.333. The number of rotatable bonds is 6. The third-order valence-corrected chi connectivity index (χ3v) is 5.79. The molecule has 0 saturated carbocycles. The first-order chi connectivity index (χ1) is 15.8. The van der Waals surface area contributed by atoms with Gasteiger partial charge < -0.3 is 19.7 Å². The Morgan fingerprint density at radius 3 is 2.66 bits per heavy atom. The molecule has 3 aromatic rings. The lowest BCUT2D eigenvalue weighted by Crippen LogP contribution is -2.36. The number of morpholine rings is 1. The number of benzene rings is 2. The highest BCUT2D eigenvalue weighted by molar-refractivity contribution is 5.70. The van der Waals surface area contributed by atoms with Gasteiger partial charge >= 0.3 is 0 Å². The second kappa shape index (κ2) is 9.42. The van der Waals surface area contributed by atoms with Crippen molar-refractivity contribution >= 4 is 23.0 Å². The molecule has 1 unspecified atom stereocenters. The van der Waals surface area contributed by atoms with Crippen LogP contribution in [0.4, 0.5) is 23.0 Å². The number of nitrogens with zero attached hydrogens (tertiary/aromatic N) is 4. The van der Waals surface area contributed by atoms with E-state index in [4.69, 9.17) is 14.3 Å². The monoisotopic (exact) mass is 433 g/mol. The first-order valence-corrected chi connectivity index (χ1v) is 10.9. The number of methoxy groups -OCH3 is 1. The van der Waals surface area contributed by atoms with Gasteiger partial charge in [-0.15, -0.1) is 0 Å². The van der Waals surface area contributed by atoms with Crippen molar-refractivity contribution in [1.29, 1.82) is 0 Å². The highest BCUT2D eigenvalue weighted by Crippen LogP contribution is 2.36. The van der Waals surface area contributed by atoms with Gasteiger partial charge in [-0.3, -0.25) is 4.84 Å². The minimum absolute atomic E-state index is 0.126. The number of hydroxylamine groups is 1. The van der Waals surface area contributed by atoms with Crippen LogP contribution in [0, 0.1) is 0 Å². The molecule has 2 fully saturated rings. The molecule has 5 rings (SSSR count). The summed E-state index contributed by atoms with van der Waals surface area (Å²) < 4.78 is 11.1. The van der Waals surface area contributed by atoms with Gasteiger partial charge in [0.1, 0.15) is 17.9 Å². The molecule has 2 saturated heterocycles. The van der Waals surface area contributed by atoms with Crippen LogP contribution in [0.3, 0.4) is 0 Å². The molecule has 0 spiro atoms. The molecular weight excluding hydrogens is 406 g/mol. The van der Waals surface area contributed by atoms with Crippen LogP contribution in [0.2, 0.25) is 0 Å². The Morgan fingerprint density at radius 2 is 1.84 bits per heavy atom. The van der Waals surface area contributed by atoms with Gasteiger partial charge in [0.25, 0.3) is 0 Å². The van der Waals surface area contributed by atoms with Gasteiger partial charge in [0, 0.05) is 37.3 Å². The Morgan fingerprint density at radius 1 is 1.00 bits per heavy atom. The second-order valence-electron chi connectivity index (χ2n) is 7.74. The number of anilines is 4. The Kier molecular flexibility index (Phi) is 6.04. The van der Waals surface area contributed by atoms with E-state index in [1.807, 2.05) is 41.5 Å². The topological polar surface area (TPSA) is 72.0 Å². The van der Waals surface area contributed by atoms with Crippen molar-refractivity contribution in [3.63, 3.8) is 0 Å². The van der Waals surface area contributed by atoms with Gasteiger partial charge in [0.05, 0.1) is 38.7 Å². The zero-order valence-corrected chi connectivity index (χ0v) is 18.1. The molecule has 2 aliphatic heterocycles. The van der Waals surface area contributed by atoms with E-state index in [1.54, 1.807) is 13.4 Å². The molecule has 2 aliphatic rings. The van der Waals surface area contributed by atoms with Crippen molar-refractivity contribution in [2.75, 3.05) is 55.3 Å². The molecule has 0 amide bonds. The quantitative estimate of drug-likeness (QED) is 0.627. The van der Waals surface area contributed by atoms with Gasteiger partial charge in [-0.05, 0) is 17.7 Å². The fourth-order valence-corrected chi connectivity index (χ4v) is 4.15. The zero-order chi connectivity index (χ0) is 21.8. The molecule has 8 heteroatoms. The van der Waals surface area contributed by atoms with E-state index in [9.17, 15) is 0 Å². The predicted octanol–water partition coefficient (Wildman–Crippen LogP) is 3.95. The molecule has 166 valence electrons. The number of hydrogen-bond acceptors (Lipinski definition) is 8. The molecule has 32 heavy (non-hydrogen) atoms. The van der Waals surface area contributed by atoms with E-state index in [1.165, 1.54) is 5.56 Å². The third kappa shape index (κ3) is 4.32.